The van der Waals surface area contributed by atoms with Crippen molar-refractivity contribution in [1.82, 2.24) is 29.8 Å². The molecule has 0 aliphatic carbocycles. The second-order valence-corrected chi connectivity index (χ2v) is 6.51. The molecule has 0 saturated heterocycles. The van der Waals surface area contributed by atoms with Crippen LogP contribution in [0.3, 0.4) is 0 Å². The predicted octanol–water partition coefficient (Wildman–Crippen LogP) is 3.62. The van der Waals surface area contributed by atoms with Crippen molar-refractivity contribution in [2.45, 2.75) is 6.92 Å². The molecule has 0 unspecified atom stereocenters. The van der Waals surface area contributed by atoms with Crippen LogP contribution in [-0.2, 0) is 0 Å². The SMILES string of the molecule is Cc1nnsc1OC(=O)Nc1cnc(-c2cc(-c3nnco3)ccc2Cl)cn1. The Bertz CT molecular complexity index is 1120. The summed E-state index contributed by atoms with van der Waals surface area (Å²) < 4.78 is 14.0. The second kappa shape index (κ2) is 7.66. The molecular weight excluding hydrogens is 406 g/mol. The van der Waals surface area contributed by atoms with Crippen molar-refractivity contribution in [1.29, 1.82) is 0 Å². The molecule has 12 heteroatoms. The number of carbonyl (C=O) groups is 1. The van der Waals surface area contributed by atoms with Crippen molar-refractivity contribution in [3.05, 3.63) is 47.7 Å². The predicted molar refractivity (Wildman–Crippen MR) is 100 cm³/mol. The van der Waals surface area contributed by atoms with Crippen LogP contribution in [0.5, 0.6) is 5.06 Å². The Hall–Kier alpha value is -3.44. The van der Waals surface area contributed by atoms with Crippen LogP contribution in [0.1, 0.15) is 5.69 Å². The van der Waals surface area contributed by atoms with E-state index in [1.165, 1.54) is 18.8 Å². The van der Waals surface area contributed by atoms with Gasteiger partial charge in [-0.1, -0.05) is 16.1 Å². The third kappa shape index (κ3) is 3.80. The minimum absolute atomic E-state index is 0.216. The van der Waals surface area contributed by atoms with E-state index in [4.69, 9.17) is 20.8 Å². The summed E-state index contributed by atoms with van der Waals surface area (Å²) in [4.78, 5) is 20.4. The van der Waals surface area contributed by atoms with Gasteiger partial charge in [-0.3, -0.25) is 10.3 Å². The number of hydrogen-bond acceptors (Lipinski definition) is 10. The van der Waals surface area contributed by atoms with Gasteiger partial charge in [-0.15, -0.1) is 15.3 Å². The van der Waals surface area contributed by atoms with Crippen LogP contribution in [0, 0.1) is 6.92 Å². The largest absolute Gasteiger partial charge is 0.423 e. The number of aromatic nitrogens is 6. The highest BCUT2D eigenvalue weighted by Gasteiger charge is 2.13. The van der Waals surface area contributed by atoms with Crippen LogP contribution in [0.2, 0.25) is 5.02 Å². The summed E-state index contributed by atoms with van der Waals surface area (Å²) in [6.45, 7) is 1.69. The summed E-state index contributed by atoms with van der Waals surface area (Å²) in [6, 6.07) is 5.23. The molecule has 0 atom stereocenters. The fourth-order valence-corrected chi connectivity index (χ4v) is 2.96. The lowest BCUT2D eigenvalue weighted by atomic mass is 10.1. The molecule has 1 amide bonds. The first-order valence-electron chi connectivity index (χ1n) is 7.76. The first kappa shape index (κ1) is 17.9. The van der Waals surface area contributed by atoms with Gasteiger partial charge in [-0.05, 0) is 25.1 Å². The third-order valence-corrected chi connectivity index (χ3v) is 4.56. The molecule has 140 valence electrons. The molecular formula is C16H10ClN7O3S. The van der Waals surface area contributed by atoms with Crippen LogP contribution in [0.25, 0.3) is 22.7 Å². The summed E-state index contributed by atoms with van der Waals surface area (Å²) in [5.74, 6) is 0.577. The number of nitrogens with zero attached hydrogens (tertiary/aromatic N) is 6. The highest BCUT2D eigenvalue weighted by Crippen LogP contribution is 2.30. The normalized spacial score (nSPS) is 10.6. The highest BCUT2D eigenvalue weighted by atomic mass is 35.5. The molecule has 1 N–H and O–H groups in total. The van der Waals surface area contributed by atoms with E-state index in [1.807, 2.05) is 0 Å². The van der Waals surface area contributed by atoms with Crippen molar-refractivity contribution >= 4 is 35.0 Å². The van der Waals surface area contributed by atoms with Gasteiger partial charge in [-0.2, -0.15) is 0 Å². The number of amides is 1. The number of rotatable bonds is 4. The third-order valence-electron chi connectivity index (χ3n) is 3.53. The average molecular weight is 416 g/mol. The van der Waals surface area contributed by atoms with E-state index in [2.05, 4.69) is 35.1 Å². The number of halogens is 1. The monoisotopic (exact) mass is 415 g/mol. The first-order valence-corrected chi connectivity index (χ1v) is 8.91. The van der Waals surface area contributed by atoms with E-state index >= 15 is 0 Å². The van der Waals surface area contributed by atoms with Crippen LogP contribution < -0.4 is 10.1 Å². The standard InChI is InChI=1S/C16H10ClN7O3S/c1-8-15(28-24-22-8)27-16(25)21-13-6-18-12(5-19-13)10-4-9(2-3-11(10)17)14-23-20-7-26-14/h2-7H,1H3,(H,19,21,25). The fourth-order valence-electron chi connectivity index (χ4n) is 2.22. The summed E-state index contributed by atoms with van der Waals surface area (Å²) in [7, 11) is 0. The molecule has 0 bridgehead atoms. The minimum atomic E-state index is -0.715. The number of ether oxygens (including phenoxy) is 1. The van der Waals surface area contributed by atoms with Crippen molar-refractivity contribution in [3.63, 3.8) is 0 Å². The van der Waals surface area contributed by atoms with Gasteiger partial charge in [-0.25, -0.2) is 9.78 Å². The lowest BCUT2D eigenvalue weighted by Crippen LogP contribution is -2.17. The van der Waals surface area contributed by atoms with Gasteiger partial charge in [0, 0.05) is 22.7 Å². The maximum absolute atomic E-state index is 11.9. The van der Waals surface area contributed by atoms with Gasteiger partial charge in [0.25, 0.3) is 0 Å². The van der Waals surface area contributed by atoms with Crippen LogP contribution in [0.15, 0.2) is 41.4 Å². The second-order valence-electron chi connectivity index (χ2n) is 5.39. The Labute approximate surface area is 166 Å². The average Bonchev–Trinajstić information content (AvgIpc) is 3.36. The maximum Gasteiger partial charge on any atom is 0.419 e. The number of nitrogens with one attached hydrogen (secondary N) is 1. The Morgan fingerprint density at radius 1 is 1.25 bits per heavy atom. The molecule has 3 aromatic heterocycles. The zero-order valence-corrected chi connectivity index (χ0v) is 15.7. The van der Waals surface area contributed by atoms with E-state index in [-0.39, 0.29) is 5.82 Å². The molecule has 4 aromatic rings. The number of carbonyl (C=O) groups excluding carboxylic acids is 1. The van der Waals surface area contributed by atoms with E-state index < -0.39 is 6.09 Å². The number of anilines is 1. The van der Waals surface area contributed by atoms with Gasteiger partial charge >= 0.3 is 6.09 Å². The van der Waals surface area contributed by atoms with Crippen molar-refractivity contribution in [2.24, 2.45) is 0 Å². The van der Waals surface area contributed by atoms with Gasteiger partial charge in [0.15, 0.2) is 5.82 Å². The van der Waals surface area contributed by atoms with E-state index in [0.29, 0.717) is 38.5 Å². The Balaban J connectivity index is 1.51. The summed E-state index contributed by atoms with van der Waals surface area (Å²) in [5.41, 5.74) is 2.36. The van der Waals surface area contributed by atoms with Crippen LogP contribution in [-0.4, -0.2) is 35.8 Å². The fraction of sp³-hybridized carbons (Fsp3) is 0.0625. The van der Waals surface area contributed by atoms with Crippen molar-refractivity contribution < 1.29 is 13.9 Å². The molecule has 4 rings (SSSR count). The Kier molecular flexibility index (Phi) is 4.91. The lowest BCUT2D eigenvalue weighted by molar-refractivity contribution is 0.216. The molecule has 10 nitrogen and oxygen atoms in total. The Morgan fingerprint density at radius 2 is 2.14 bits per heavy atom. The van der Waals surface area contributed by atoms with Gasteiger partial charge in [0.1, 0.15) is 5.69 Å². The van der Waals surface area contributed by atoms with Crippen molar-refractivity contribution in [2.75, 3.05) is 5.32 Å². The van der Waals surface area contributed by atoms with Crippen LogP contribution in [0.4, 0.5) is 10.6 Å². The number of aryl methyl sites for hydroxylation is 1. The molecule has 0 spiro atoms. The minimum Gasteiger partial charge on any atom is -0.423 e. The van der Waals surface area contributed by atoms with E-state index in [9.17, 15) is 4.79 Å². The topological polar surface area (TPSA) is 129 Å². The maximum atomic E-state index is 11.9. The first-order chi connectivity index (χ1) is 13.6. The molecule has 0 fully saturated rings. The quantitative estimate of drug-likeness (QED) is 0.531. The number of hydrogen-bond donors (Lipinski definition) is 1. The Morgan fingerprint density at radius 3 is 2.82 bits per heavy atom. The molecule has 1 aromatic carbocycles. The molecule has 0 saturated carbocycles. The summed E-state index contributed by atoms with van der Waals surface area (Å²) in [5, 5.41) is 14.6. The molecule has 3 heterocycles. The molecule has 0 aliphatic rings. The lowest BCUT2D eigenvalue weighted by Gasteiger charge is -2.07. The van der Waals surface area contributed by atoms with Crippen molar-refractivity contribution in [3.8, 4) is 27.8 Å². The van der Waals surface area contributed by atoms with Gasteiger partial charge in [0.2, 0.25) is 17.3 Å². The van der Waals surface area contributed by atoms with Gasteiger partial charge in [0.05, 0.1) is 23.1 Å². The van der Waals surface area contributed by atoms with E-state index in [1.54, 1.807) is 25.1 Å². The smallest absolute Gasteiger partial charge is 0.419 e. The molecule has 0 radical (unpaired) electrons. The summed E-state index contributed by atoms with van der Waals surface area (Å²) >= 11 is 7.25. The molecule has 0 aliphatic heterocycles. The highest BCUT2D eigenvalue weighted by molar-refractivity contribution is 7.07. The number of benzene rings is 1. The molecule has 28 heavy (non-hydrogen) atoms. The van der Waals surface area contributed by atoms with Crippen LogP contribution >= 0.6 is 23.1 Å². The zero-order chi connectivity index (χ0) is 19.5. The zero-order valence-electron chi connectivity index (χ0n) is 14.2. The summed E-state index contributed by atoms with van der Waals surface area (Å²) in [6.07, 6.45) is 3.40. The van der Waals surface area contributed by atoms with Gasteiger partial charge < -0.3 is 9.15 Å². The van der Waals surface area contributed by atoms with E-state index in [0.717, 1.165) is 11.5 Å².